The molecule has 0 fully saturated rings. The van der Waals surface area contributed by atoms with Crippen molar-refractivity contribution in [1.29, 1.82) is 0 Å². The third-order valence-corrected chi connectivity index (χ3v) is 5.99. The van der Waals surface area contributed by atoms with Gasteiger partial charge in [-0.3, -0.25) is 13.7 Å². The summed E-state index contributed by atoms with van der Waals surface area (Å²) in [5, 5.41) is 0. The molecule has 9 nitrogen and oxygen atoms in total. The number of hydrogen-bond acceptors (Lipinski definition) is 5. The van der Waals surface area contributed by atoms with Gasteiger partial charge in [-0.2, -0.15) is 4.98 Å². The topological polar surface area (TPSA) is 84.1 Å². The Bertz CT molecular complexity index is 1670. The highest BCUT2D eigenvalue weighted by Gasteiger charge is 2.28. The first-order chi connectivity index (χ1) is 16.0. The quantitative estimate of drug-likeness (QED) is 0.392. The highest BCUT2D eigenvalue weighted by atomic mass is 19.1. The van der Waals surface area contributed by atoms with Crippen LogP contribution in [0.5, 0.6) is 5.75 Å². The number of ether oxygens (including phenoxy) is 1. The molecule has 0 radical (unpaired) electrons. The van der Waals surface area contributed by atoms with E-state index in [1.165, 1.54) is 16.7 Å². The van der Waals surface area contributed by atoms with Gasteiger partial charge < -0.3 is 4.74 Å². The molecular formula is C23H16FN7O2. The molecule has 0 saturated heterocycles. The second kappa shape index (κ2) is 7.00. The van der Waals surface area contributed by atoms with E-state index >= 15 is 0 Å². The van der Waals surface area contributed by atoms with E-state index in [1.54, 1.807) is 53.0 Å². The van der Waals surface area contributed by atoms with E-state index in [9.17, 15) is 9.18 Å². The van der Waals surface area contributed by atoms with Gasteiger partial charge in [-0.1, -0.05) is 12.1 Å². The maximum absolute atomic E-state index is 13.8. The molecule has 10 heteroatoms. The van der Waals surface area contributed by atoms with Crippen molar-refractivity contribution in [3.63, 3.8) is 0 Å². The predicted molar refractivity (Wildman–Crippen MR) is 118 cm³/mol. The van der Waals surface area contributed by atoms with E-state index in [2.05, 4.69) is 14.8 Å². The zero-order valence-corrected chi connectivity index (χ0v) is 17.4. The highest BCUT2D eigenvalue weighted by molar-refractivity contribution is 5.81. The minimum Gasteiger partial charge on any atom is -0.493 e. The maximum atomic E-state index is 13.8. The molecule has 1 unspecified atom stereocenters. The molecule has 0 spiro atoms. The van der Waals surface area contributed by atoms with Crippen molar-refractivity contribution in [2.45, 2.75) is 12.5 Å². The fourth-order valence-electron chi connectivity index (χ4n) is 4.36. The molecule has 0 bridgehead atoms. The van der Waals surface area contributed by atoms with Crippen LogP contribution in [0.4, 0.5) is 10.1 Å². The molecule has 0 saturated carbocycles. The molecule has 6 rings (SSSR count). The summed E-state index contributed by atoms with van der Waals surface area (Å²) in [4.78, 5) is 30.3. The summed E-state index contributed by atoms with van der Waals surface area (Å²) in [5.41, 5.74) is 3.39. The van der Waals surface area contributed by atoms with Crippen LogP contribution in [0, 0.1) is 12.4 Å². The standard InChI is InChI=1S/C23H16FN7O2/c1-25-14-4-6-16-18(10-14)30(12-27-16)22-26-11-19-21(28-22)31(23(32)29(19)2)17-7-8-33-20-9-13(24)3-5-15(17)20/h3-6,9-12,17H,7-8H2,2H3. The molecule has 4 heterocycles. The Morgan fingerprint density at radius 2 is 2.06 bits per heavy atom. The molecule has 162 valence electrons. The summed E-state index contributed by atoms with van der Waals surface area (Å²) >= 11 is 0. The van der Waals surface area contributed by atoms with Crippen LogP contribution in [-0.4, -0.2) is 35.3 Å². The molecule has 5 aromatic rings. The summed E-state index contributed by atoms with van der Waals surface area (Å²) in [5.74, 6) is 0.365. The van der Waals surface area contributed by atoms with Gasteiger partial charge in [0, 0.05) is 25.1 Å². The SMILES string of the molecule is [C-]#[N+]c1ccc2ncn(-c3ncc4c(n3)n(C3CCOc5cc(F)ccc53)c(=O)n4C)c2c1. The van der Waals surface area contributed by atoms with Crippen LogP contribution < -0.4 is 10.4 Å². The number of aryl methyl sites for hydroxylation is 1. The van der Waals surface area contributed by atoms with E-state index in [0.717, 1.165) is 5.56 Å². The van der Waals surface area contributed by atoms with Gasteiger partial charge >= 0.3 is 5.69 Å². The Kier molecular flexibility index (Phi) is 4.07. The largest absolute Gasteiger partial charge is 0.493 e. The van der Waals surface area contributed by atoms with Gasteiger partial charge in [-0.15, -0.1) is 0 Å². The minimum absolute atomic E-state index is 0.246. The lowest BCUT2D eigenvalue weighted by molar-refractivity contribution is 0.254. The first kappa shape index (κ1) is 19.2. The lowest BCUT2D eigenvalue weighted by atomic mass is 10.0. The zero-order chi connectivity index (χ0) is 22.7. The zero-order valence-electron chi connectivity index (χ0n) is 17.4. The lowest BCUT2D eigenvalue weighted by Crippen LogP contribution is -2.30. The predicted octanol–water partition coefficient (Wildman–Crippen LogP) is 3.53. The van der Waals surface area contributed by atoms with Gasteiger partial charge in [0.05, 0.1) is 36.5 Å². The van der Waals surface area contributed by atoms with Crippen LogP contribution in [0.25, 0.3) is 33.0 Å². The van der Waals surface area contributed by atoms with Crippen LogP contribution in [-0.2, 0) is 7.05 Å². The number of hydrogen-bond donors (Lipinski definition) is 0. The van der Waals surface area contributed by atoms with Crippen molar-refractivity contribution in [1.82, 2.24) is 28.7 Å². The van der Waals surface area contributed by atoms with Gasteiger partial charge in [-0.25, -0.2) is 24.0 Å². The van der Waals surface area contributed by atoms with E-state index in [-0.39, 0.29) is 11.7 Å². The number of benzene rings is 2. The minimum atomic E-state index is -0.393. The van der Waals surface area contributed by atoms with Crippen LogP contribution in [0.3, 0.4) is 0 Å². The third-order valence-electron chi connectivity index (χ3n) is 5.99. The number of halogens is 1. The molecule has 0 amide bonds. The second-order valence-electron chi connectivity index (χ2n) is 7.82. The first-order valence-corrected chi connectivity index (χ1v) is 10.3. The van der Waals surface area contributed by atoms with E-state index in [1.807, 2.05) is 0 Å². The average molecular weight is 441 g/mol. The number of rotatable bonds is 2. The molecule has 0 N–H and O–H groups in total. The smallest absolute Gasteiger partial charge is 0.330 e. The van der Waals surface area contributed by atoms with Crippen LogP contribution >= 0.6 is 0 Å². The van der Waals surface area contributed by atoms with Crippen LogP contribution in [0.15, 0.2) is 53.7 Å². The molecule has 2 aromatic carbocycles. The monoisotopic (exact) mass is 441 g/mol. The summed E-state index contributed by atoms with van der Waals surface area (Å²) in [7, 11) is 1.67. The molecule has 1 aliphatic rings. The van der Waals surface area contributed by atoms with E-state index in [4.69, 9.17) is 16.3 Å². The van der Waals surface area contributed by atoms with Crippen molar-refractivity contribution >= 4 is 27.9 Å². The highest BCUT2D eigenvalue weighted by Crippen LogP contribution is 2.36. The molecule has 1 aliphatic heterocycles. The summed E-state index contributed by atoms with van der Waals surface area (Å²) < 4.78 is 24.2. The van der Waals surface area contributed by atoms with Gasteiger partial charge in [0.1, 0.15) is 23.4 Å². The van der Waals surface area contributed by atoms with E-state index < -0.39 is 5.82 Å². The first-order valence-electron chi connectivity index (χ1n) is 10.3. The third kappa shape index (κ3) is 2.82. The molecular weight excluding hydrogens is 425 g/mol. The van der Waals surface area contributed by atoms with Gasteiger partial charge in [0.25, 0.3) is 0 Å². The van der Waals surface area contributed by atoms with Gasteiger partial charge in [0.2, 0.25) is 5.95 Å². The fourth-order valence-corrected chi connectivity index (χ4v) is 4.36. The van der Waals surface area contributed by atoms with Crippen molar-refractivity contribution in [2.24, 2.45) is 7.05 Å². The number of aromatic nitrogens is 6. The fraction of sp³-hybridized carbons (Fsp3) is 0.174. The Hall–Kier alpha value is -4.52. The summed E-state index contributed by atoms with van der Waals surface area (Å²) in [6.07, 6.45) is 3.74. The van der Waals surface area contributed by atoms with Crippen molar-refractivity contribution in [3.05, 3.63) is 82.2 Å². The molecule has 1 atom stereocenters. The number of nitrogens with zero attached hydrogens (tertiary/aromatic N) is 7. The summed E-state index contributed by atoms with van der Waals surface area (Å²) in [6, 6.07) is 9.20. The number of fused-ring (bicyclic) bond motifs is 3. The number of imidazole rings is 2. The van der Waals surface area contributed by atoms with E-state index in [0.29, 0.717) is 52.6 Å². The Balaban J connectivity index is 1.58. The van der Waals surface area contributed by atoms with Gasteiger partial charge in [-0.05, 0) is 18.2 Å². The molecule has 33 heavy (non-hydrogen) atoms. The Morgan fingerprint density at radius 3 is 2.91 bits per heavy atom. The van der Waals surface area contributed by atoms with Crippen LogP contribution in [0.2, 0.25) is 0 Å². The van der Waals surface area contributed by atoms with Crippen molar-refractivity contribution in [2.75, 3.05) is 6.61 Å². The molecule has 0 aliphatic carbocycles. The average Bonchev–Trinajstić information content (AvgIpc) is 3.36. The van der Waals surface area contributed by atoms with Crippen molar-refractivity contribution < 1.29 is 9.13 Å². The second-order valence-corrected chi connectivity index (χ2v) is 7.82. The Morgan fingerprint density at radius 1 is 1.18 bits per heavy atom. The lowest BCUT2D eigenvalue weighted by Gasteiger charge is -2.26. The van der Waals surface area contributed by atoms with Crippen molar-refractivity contribution in [3.8, 4) is 11.7 Å². The van der Waals surface area contributed by atoms with Crippen LogP contribution in [0.1, 0.15) is 18.0 Å². The summed E-state index contributed by atoms with van der Waals surface area (Å²) in [6.45, 7) is 7.64. The maximum Gasteiger partial charge on any atom is 0.330 e. The van der Waals surface area contributed by atoms with Gasteiger partial charge in [0.15, 0.2) is 11.3 Å². The Labute approximate surface area is 186 Å². The molecule has 3 aromatic heterocycles. The normalized spacial score (nSPS) is 15.4.